The van der Waals surface area contributed by atoms with Crippen LogP contribution in [0.4, 0.5) is 0 Å². The topological polar surface area (TPSA) is 70.1 Å². The fourth-order valence-electron chi connectivity index (χ4n) is 3.81. The summed E-state index contributed by atoms with van der Waals surface area (Å²) in [5.74, 6) is -0.364. The van der Waals surface area contributed by atoms with Gasteiger partial charge in [0, 0.05) is 38.5 Å². The Morgan fingerprint density at radius 2 is 1.85 bits per heavy atom. The van der Waals surface area contributed by atoms with Crippen LogP contribution in [0.5, 0.6) is 0 Å². The summed E-state index contributed by atoms with van der Waals surface area (Å²) in [7, 11) is 0. The first-order valence-corrected chi connectivity index (χ1v) is 9.54. The summed E-state index contributed by atoms with van der Waals surface area (Å²) >= 11 is 0. The summed E-state index contributed by atoms with van der Waals surface area (Å²) in [5, 5.41) is 9.01. The number of carboxylic acid groups (broad SMARTS) is 1. The minimum Gasteiger partial charge on any atom is -0.478 e. The van der Waals surface area contributed by atoms with Crippen molar-refractivity contribution in [3.8, 4) is 0 Å². The molecular weight excluding hydrogens is 332 g/mol. The standard InChI is InChI=1S/C20H28N2O4/c23-19(4-2-9-21-11-13-26-14-12-21)22-10-1-3-18(15-22)16-5-7-17(8-6-16)20(24)25/h5-8,18H,1-4,9-15H2,(H,24,25)/t18-/m0/s1. The molecule has 0 aromatic heterocycles. The van der Waals surface area contributed by atoms with E-state index < -0.39 is 5.97 Å². The van der Waals surface area contributed by atoms with E-state index in [1.807, 2.05) is 17.0 Å². The highest BCUT2D eigenvalue weighted by Gasteiger charge is 2.24. The van der Waals surface area contributed by atoms with Gasteiger partial charge in [-0.1, -0.05) is 12.1 Å². The SMILES string of the molecule is O=C(O)c1ccc([C@H]2CCCN(C(=O)CCCN3CCOCC3)C2)cc1. The molecule has 2 aliphatic heterocycles. The number of amides is 1. The highest BCUT2D eigenvalue weighted by molar-refractivity contribution is 5.87. The van der Waals surface area contributed by atoms with E-state index in [0.29, 0.717) is 17.9 Å². The van der Waals surface area contributed by atoms with Crippen LogP contribution in [0.2, 0.25) is 0 Å². The minimum absolute atomic E-state index is 0.241. The van der Waals surface area contributed by atoms with E-state index in [4.69, 9.17) is 9.84 Å². The van der Waals surface area contributed by atoms with Crippen LogP contribution in [-0.4, -0.2) is 72.7 Å². The van der Waals surface area contributed by atoms with Gasteiger partial charge in [-0.05, 0) is 43.5 Å². The number of ether oxygens (including phenoxy) is 1. The van der Waals surface area contributed by atoms with Crippen LogP contribution in [0.3, 0.4) is 0 Å². The fraction of sp³-hybridized carbons (Fsp3) is 0.600. The molecule has 6 nitrogen and oxygen atoms in total. The molecule has 0 spiro atoms. The average molecular weight is 360 g/mol. The summed E-state index contributed by atoms with van der Waals surface area (Å²) < 4.78 is 5.35. The molecule has 2 heterocycles. The Bertz CT molecular complexity index is 611. The number of likely N-dealkylation sites (tertiary alicyclic amines) is 1. The number of benzene rings is 1. The third-order valence-electron chi connectivity index (χ3n) is 5.37. The van der Waals surface area contributed by atoms with Crippen molar-refractivity contribution in [1.82, 2.24) is 9.80 Å². The molecule has 0 saturated carbocycles. The number of piperidine rings is 1. The number of hydrogen-bond donors (Lipinski definition) is 1. The Morgan fingerprint density at radius 1 is 1.12 bits per heavy atom. The van der Waals surface area contributed by atoms with Crippen LogP contribution >= 0.6 is 0 Å². The van der Waals surface area contributed by atoms with E-state index in [-0.39, 0.29) is 5.91 Å². The summed E-state index contributed by atoms with van der Waals surface area (Å²) in [6, 6.07) is 7.09. The number of hydrogen-bond acceptors (Lipinski definition) is 4. The highest BCUT2D eigenvalue weighted by atomic mass is 16.5. The average Bonchev–Trinajstić information content (AvgIpc) is 2.69. The first-order chi connectivity index (χ1) is 12.6. The van der Waals surface area contributed by atoms with Crippen molar-refractivity contribution in [3.63, 3.8) is 0 Å². The maximum atomic E-state index is 12.6. The van der Waals surface area contributed by atoms with Crippen LogP contribution in [0, 0.1) is 0 Å². The van der Waals surface area contributed by atoms with Gasteiger partial charge in [-0.15, -0.1) is 0 Å². The highest BCUT2D eigenvalue weighted by Crippen LogP contribution is 2.27. The Balaban J connectivity index is 1.47. The lowest BCUT2D eigenvalue weighted by Gasteiger charge is -2.33. The third-order valence-corrected chi connectivity index (χ3v) is 5.37. The van der Waals surface area contributed by atoms with Gasteiger partial charge >= 0.3 is 5.97 Å². The van der Waals surface area contributed by atoms with Crippen LogP contribution in [0.1, 0.15) is 47.5 Å². The molecule has 1 N–H and O–H groups in total. The number of carbonyl (C=O) groups excluding carboxylic acids is 1. The van der Waals surface area contributed by atoms with E-state index in [1.165, 1.54) is 0 Å². The Hall–Kier alpha value is -1.92. The largest absolute Gasteiger partial charge is 0.478 e. The van der Waals surface area contributed by atoms with E-state index in [1.54, 1.807) is 12.1 Å². The van der Waals surface area contributed by atoms with Gasteiger partial charge in [0.15, 0.2) is 0 Å². The van der Waals surface area contributed by atoms with Gasteiger partial charge in [0.1, 0.15) is 0 Å². The maximum Gasteiger partial charge on any atom is 0.335 e. The summed E-state index contributed by atoms with van der Waals surface area (Å²) in [6.07, 6.45) is 3.54. The Morgan fingerprint density at radius 3 is 2.54 bits per heavy atom. The molecule has 2 saturated heterocycles. The minimum atomic E-state index is -0.905. The van der Waals surface area contributed by atoms with Crippen molar-refractivity contribution >= 4 is 11.9 Å². The summed E-state index contributed by atoms with van der Waals surface area (Å²) in [6.45, 7) is 6.05. The van der Waals surface area contributed by atoms with Gasteiger partial charge in [0.2, 0.25) is 5.91 Å². The van der Waals surface area contributed by atoms with E-state index in [2.05, 4.69) is 4.90 Å². The Labute approximate surface area is 154 Å². The van der Waals surface area contributed by atoms with Crippen molar-refractivity contribution < 1.29 is 19.4 Å². The lowest BCUT2D eigenvalue weighted by atomic mass is 9.90. The van der Waals surface area contributed by atoms with Gasteiger partial charge in [-0.3, -0.25) is 9.69 Å². The molecule has 0 radical (unpaired) electrons. The van der Waals surface area contributed by atoms with Crippen molar-refractivity contribution in [2.24, 2.45) is 0 Å². The molecule has 0 bridgehead atoms. The Kier molecular flexibility index (Phi) is 6.63. The summed E-state index contributed by atoms with van der Waals surface area (Å²) in [5.41, 5.74) is 1.43. The van der Waals surface area contributed by atoms with E-state index in [0.717, 1.165) is 70.8 Å². The number of nitrogens with zero attached hydrogens (tertiary/aromatic N) is 2. The zero-order valence-corrected chi connectivity index (χ0v) is 15.2. The second-order valence-electron chi connectivity index (χ2n) is 7.16. The van der Waals surface area contributed by atoms with Crippen LogP contribution < -0.4 is 0 Å². The van der Waals surface area contributed by atoms with E-state index in [9.17, 15) is 9.59 Å². The van der Waals surface area contributed by atoms with Crippen LogP contribution in [-0.2, 0) is 9.53 Å². The van der Waals surface area contributed by atoms with Crippen molar-refractivity contribution in [2.45, 2.75) is 31.6 Å². The predicted molar refractivity (Wildman–Crippen MR) is 98.4 cm³/mol. The molecule has 1 aromatic rings. The summed E-state index contributed by atoms with van der Waals surface area (Å²) in [4.78, 5) is 27.9. The number of carbonyl (C=O) groups is 2. The number of carboxylic acids is 1. The van der Waals surface area contributed by atoms with Gasteiger partial charge < -0.3 is 14.7 Å². The molecule has 1 atom stereocenters. The first-order valence-electron chi connectivity index (χ1n) is 9.54. The maximum absolute atomic E-state index is 12.6. The lowest BCUT2D eigenvalue weighted by Crippen LogP contribution is -2.40. The predicted octanol–water partition coefficient (Wildman–Crippen LogP) is 2.20. The molecular formula is C20H28N2O4. The van der Waals surface area contributed by atoms with Gasteiger partial charge in [-0.2, -0.15) is 0 Å². The molecule has 142 valence electrons. The van der Waals surface area contributed by atoms with Crippen molar-refractivity contribution in [1.29, 1.82) is 0 Å². The quantitative estimate of drug-likeness (QED) is 0.842. The zero-order valence-electron chi connectivity index (χ0n) is 15.2. The van der Waals surface area contributed by atoms with Crippen molar-refractivity contribution in [3.05, 3.63) is 35.4 Å². The molecule has 2 aliphatic rings. The third kappa shape index (κ3) is 5.05. The molecule has 0 unspecified atom stereocenters. The molecule has 1 amide bonds. The number of morpholine rings is 1. The smallest absolute Gasteiger partial charge is 0.335 e. The van der Waals surface area contributed by atoms with Gasteiger partial charge in [0.05, 0.1) is 18.8 Å². The molecule has 1 aromatic carbocycles. The van der Waals surface area contributed by atoms with Gasteiger partial charge in [0.25, 0.3) is 0 Å². The molecule has 0 aliphatic carbocycles. The van der Waals surface area contributed by atoms with Gasteiger partial charge in [-0.25, -0.2) is 4.79 Å². The van der Waals surface area contributed by atoms with E-state index >= 15 is 0 Å². The van der Waals surface area contributed by atoms with Crippen molar-refractivity contribution in [2.75, 3.05) is 45.9 Å². The fourth-order valence-corrected chi connectivity index (χ4v) is 3.81. The molecule has 2 fully saturated rings. The number of aromatic carboxylic acids is 1. The monoisotopic (exact) mass is 360 g/mol. The second-order valence-corrected chi connectivity index (χ2v) is 7.16. The number of rotatable bonds is 6. The normalized spacial score (nSPS) is 21.5. The second kappa shape index (κ2) is 9.14. The van der Waals surface area contributed by atoms with Crippen LogP contribution in [0.15, 0.2) is 24.3 Å². The molecule has 26 heavy (non-hydrogen) atoms. The molecule has 3 rings (SSSR count). The first kappa shape index (κ1) is 18.9. The van der Waals surface area contributed by atoms with Crippen LogP contribution in [0.25, 0.3) is 0 Å². The lowest BCUT2D eigenvalue weighted by molar-refractivity contribution is -0.132. The molecule has 6 heteroatoms. The zero-order chi connectivity index (χ0) is 18.4.